The highest BCUT2D eigenvalue weighted by molar-refractivity contribution is 7.14. The maximum Gasteiger partial charge on any atom is 0.275 e. The van der Waals surface area contributed by atoms with E-state index in [0.717, 1.165) is 32.8 Å². The lowest BCUT2D eigenvalue weighted by molar-refractivity contribution is -0.117. The Balaban J connectivity index is 1.51. The van der Waals surface area contributed by atoms with Gasteiger partial charge in [-0.3, -0.25) is 9.59 Å². The van der Waals surface area contributed by atoms with Gasteiger partial charge in [0.2, 0.25) is 5.91 Å². The minimum atomic E-state index is -0.360. The number of carbonyl (C=O) groups excluding carboxylic acids is 1. The van der Waals surface area contributed by atoms with Gasteiger partial charge < -0.3 is 9.73 Å². The predicted octanol–water partition coefficient (Wildman–Crippen LogP) is 3.37. The lowest BCUT2D eigenvalue weighted by Crippen LogP contribution is -2.29. The van der Waals surface area contributed by atoms with E-state index in [-0.39, 0.29) is 18.0 Å². The number of benzene rings is 1. The summed E-state index contributed by atoms with van der Waals surface area (Å²) in [7, 11) is 0. The van der Waals surface area contributed by atoms with Crippen molar-refractivity contribution in [3.05, 3.63) is 63.8 Å². The molecule has 8 heteroatoms. The highest BCUT2D eigenvalue weighted by atomic mass is 32.1. The van der Waals surface area contributed by atoms with Crippen molar-refractivity contribution >= 4 is 33.1 Å². The molecular formula is C19H16N4O3S. The van der Waals surface area contributed by atoms with E-state index in [9.17, 15) is 9.59 Å². The van der Waals surface area contributed by atoms with E-state index in [2.05, 4.69) is 15.4 Å². The van der Waals surface area contributed by atoms with E-state index in [4.69, 9.17) is 4.42 Å². The zero-order valence-electron chi connectivity index (χ0n) is 14.7. The Kier molecular flexibility index (Phi) is 4.33. The summed E-state index contributed by atoms with van der Waals surface area (Å²) < 4.78 is 6.67. The molecule has 7 nitrogen and oxygen atoms in total. The quantitative estimate of drug-likeness (QED) is 0.586. The normalized spacial score (nSPS) is 11.0. The van der Waals surface area contributed by atoms with Crippen LogP contribution in [0.4, 0.5) is 5.13 Å². The first-order valence-corrected chi connectivity index (χ1v) is 9.17. The number of hydrogen-bond donors (Lipinski definition) is 1. The molecule has 4 rings (SSSR count). The molecule has 0 aliphatic carbocycles. The average molecular weight is 380 g/mol. The number of fused-ring (bicyclic) bond motifs is 1. The van der Waals surface area contributed by atoms with Crippen molar-refractivity contribution in [2.75, 3.05) is 5.32 Å². The number of furan rings is 1. The summed E-state index contributed by atoms with van der Waals surface area (Å²) in [4.78, 5) is 29.2. The van der Waals surface area contributed by atoms with Gasteiger partial charge in [-0.2, -0.15) is 5.10 Å². The Labute approximate surface area is 158 Å². The van der Waals surface area contributed by atoms with Crippen LogP contribution in [0.25, 0.3) is 22.0 Å². The topological polar surface area (TPSA) is 90.0 Å². The third-order valence-corrected chi connectivity index (χ3v) is 4.88. The first kappa shape index (κ1) is 17.2. The van der Waals surface area contributed by atoms with Gasteiger partial charge in [0.25, 0.3) is 5.56 Å². The number of carbonyl (C=O) groups is 1. The van der Waals surface area contributed by atoms with Crippen LogP contribution >= 0.6 is 11.3 Å². The van der Waals surface area contributed by atoms with Crippen LogP contribution in [0.15, 0.2) is 51.1 Å². The van der Waals surface area contributed by atoms with E-state index in [1.54, 1.807) is 18.3 Å². The van der Waals surface area contributed by atoms with Gasteiger partial charge in [0.15, 0.2) is 5.13 Å². The van der Waals surface area contributed by atoms with Crippen LogP contribution in [0.2, 0.25) is 0 Å². The van der Waals surface area contributed by atoms with Gasteiger partial charge >= 0.3 is 0 Å². The third kappa shape index (κ3) is 3.39. The molecule has 1 amide bonds. The number of thiazole rings is 1. The molecule has 3 aromatic heterocycles. The van der Waals surface area contributed by atoms with Crippen LogP contribution < -0.4 is 10.9 Å². The van der Waals surface area contributed by atoms with E-state index in [1.165, 1.54) is 11.3 Å². The number of nitrogens with one attached hydrogen (secondary N) is 1. The standard InChI is InChI=1S/C19H16N4O3S/c1-11-7-15(12(2)26-11)16-10-27-19(21-16)22-17(24)9-23-18(25)14-6-4-3-5-13(14)8-20-23/h3-8,10H,9H2,1-2H3,(H,21,22,24). The van der Waals surface area contributed by atoms with Crippen molar-refractivity contribution in [3.8, 4) is 11.3 Å². The molecule has 1 aromatic carbocycles. The zero-order chi connectivity index (χ0) is 19.0. The molecule has 0 saturated carbocycles. The molecule has 136 valence electrons. The fraction of sp³-hybridized carbons (Fsp3) is 0.158. The van der Waals surface area contributed by atoms with Crippen LogP contribution in [0.5, 0.6) is 0 Å². The molecule has 0 unspecified atom stereocenters. The average Bonchev–Trinajstić information content (AvgIpc) is 3.23. The van der Waals surface area contributed by atoms with E-state index >= 15 is 0 Å². The smallest absolute Gasteiger partial charge is 0.275 e. The Morgan fingerprint density at radius 2 is 2.11 bits per heavy atom. The second-order valence-corrected chi connectivity index (χ2v) is 6.97. The van der Waals surface area contributed by atoms with Crippen LogP contribution in [0.1, 0.15) is 11.5 Å². The van der Waals surface area contributed by atoms with Crippen LogP contribution in [-0.4, -0.2) is 20.7 Å². The first-order chi connectivity index (χ1) is 13.0. The molecular weight excluding hydrogens is 364 g/mol. The van der Waals surface area contributed by atoms with Gasteiger partial charge in [0.1, 0.15) is 18.1 Å². The molecule has 3 heterocycles. The predicted molar refractivity (Wildman–Crippen MR) is 104 cm³/mol. The second kappa shape index (κ2) is 6.81. The largest absolute Gasteiger partial charge is 0.466 e. The number of hydrogen-bond acceptors (Lipinski definition) is 6. The maximum atomic E-state index is 12.4. The molecule has 0 radical (unpaired) electrons. The molecule has 0 bridgehead atoms. The van der Waals surface area contributed by atoms with Crippen molar-refractivity contribution in [2.24, 2.45) is 0 Å². The fourth-order valence-electron chi connectivity index (χ4n) is 2.88. The highest BCUT2D eigenvalue weighted by Crippen LogP contribution is 2.29. The summed E-state index contributed by atoms with van der Waals surface area (Å²) in [5.41, 5.74) is 1.34. The monoisotopic (exact) mass is 380 g/mol. The lowest BCUT2D eigenvalue weighted by atomic mass is 10.2. The first-order valence-electron chi connectivity index (χ1n) is 8.29. The van der Waals surface area contributed by atoms with E-state index < -0.39 is 0 Å². The van der Waals surface area contributed by atoms with Crippen molar-refractivity contribution in [2.45, 2.75) is 20.4 Å². The van der Waals surface area contributed by atoms with E-state index in [0.29, 0.717) is 10.5 Å². The molecule has 0 aliphatic rings. The zero-order valence-corrected chi connectivity index (χ0v) is 15.5. The molecule has 4 aromatic rings. The lowest BCUT2D eigenvalue weighted by Gasteiger charge is -2.05. The summed E-state index contributed by atoms with van der Waals surface area (Å²) >= 11 is 1.32. The van der Waals surface area contributed by atoms with Crippen LogP contribution in [0, 0.1) is 13.8 Å². The van der Waals surface area contributed by atoms with Crippen molar-refractivity contribution in [1.82, 2.24) is 14.8 Å². The molecule has 0 atom stereocenters. The number of rotatable bonds is 4. The van der Waals surface area contributed by atoms with Gasteiger partial charge in [-0.15, -0.1) is 11.3 Å². The molecule has 1 N–H and O–H groups in total. The summed E-state index contributed by atoms with van der Waals surface area (Å²) in [5.74, 6) is 1.23. The maximum absolute atomic E-state index is 12.4. The summed E-state index contributed by atoms with van der Waals surface area (Å²) in [6.07, 6.45) is 1.58. The van der Waals surface area contributed by atoms with Gasteiger partial charge in [-0.1, -0.05) is 18.2 Å². The molecule has 0 saturated heterocycles. The number of aromatic nitrogens is 3. The SMILES string of the molecule is Cc1cc(-c2csc(NC(=O)Cn3ncc4ccccc4c3=O)n2)c(C)o1. The molecule has 0 spiro atoms. The van der Waals surface area contributed by atoms with Crippen LogP contribution in [-0.2, 0) is 11.3 Å². The molecule has 27 heavy (non-hydrogen) atoms. The Bertz CT molecular complexity index is 1210. The summed E-state index contributed by atoms with van der Waals surface area (Å²) in [6.45, 7) is 3.57. The van der Waals surface area contributed by atoms with Crippen LogP contribution in [0.3, 0.4) is 0 Å². The number of aryl methyl sites for hydroxylation is 2. The number of anilines is 1. The van der Waals surface area contributed by atoms with Crippen molar-refractivity contribution in [1.29, 1.82) is 0 Å². The summed E-state index contributed by atoms with van der Waals surface area (Å²) in [6, 6.07) is 9.06. The van der Waals surface area contributed by atoms with Crippen molar-refractivity contribution in [3.63, 3.8) is 0 Å². The van der Waals surface area contributed by atoms with Gasteiger partial charge in [0.05, 0.1) is 17.3 Å². The summed E-state index contributed by atoms with van der Waals surface area (Å²) in [5, 5.41) is 10.4. The van der Waals surface area contributed by atoms with Gasteiger partial charge in [0, 0.05) is 16.3 Å². The number of amides is 1. The second-order valence-electron chi connectivity index (χ2n) is 6.11. The minimum absolute atomic E-state index is 0.178. The van der Waals surface area contributed by atoms with Gasteiger partial charge in [-0.25, -0.2) is 9.67 Å². The highest BCUT2D eigenvalue weighted by Gasteiger charge is 2.14. The Hall–Kier alpha value is -3.26. The van der Waals surface area contributed by atoms with Gasteiger partial charge in [-0.05, 0) is 26.0 Å². The van der Waals surface area contributed by atoms with E-state index in [1.807, 2.05) is 37.4 Å². The fourth-order valence-corrected chi connectivity index (χ4v) is 3.60. The molecule has 0 fully saturated rings. The Morgan fingerprint density at radius 1 is 1.30 bits per heavy atom. The Morgan fingerprint density at radius 3 is 2.89 bits per heavy atom. The number of nitrogens with zero attached hydrogens (tertiary/aromatic N) is 3. The van der Waals surface area contributed by atoms with Crippen molar-refractivity contribution < 1.29 is 9.21 Å². The third-order valence-electron chi connectivity index (χ3n) is 4.12. The minimum Gasteiger partial charge on any atom is -0.466 e. The molecule has 0 aliphatic heterocycles.